The number of likely N-dealkylation sites (N-methyl/N-ethyl adjacent to an activating group) is 1. The van der Waals surface area contributed by atoms with E-state index in [2.05, 4.69) is 38.4 Å². The number of piperidine rings is 1. The van der Waals surface area contributed by atoms with E-state index >= 15 is 0 Å². The molecule has 2 aliphatic heterocycles. The molecule has 0 aromatic rings. The van der Waals surface area contributed by atoms with Crippen LogP contribution in [0.1, 0.15) is 115 Å². The molecule has 0 N–H and O–H groups in total. The van der Waals surface area contributed by atoms with Crippen LogP contribution in [0.5, 0.6) is 0 Å². The van der Waals surface area contributed by atoms with E-state index in [-0.39, 0.29) is 52.1 Å². The highest BCUT2D eigenvalue weighted by molar-refractivity contribution is 6.00. The second kappa shape index (κ2) is 34.5. The van der Waals surface area contributed by atoms with E-state index in [4.69, 9.17) is 11.3 Å². The normalized spacial score (nSPS) is 16.5. The maximum atomic E-state index is 11.7. The van der Waals surface area contributed by atoms with Crippen molar-refractivity contribution in [3.8, 4) is 11.8 Å². The highest BCUT2D eigenvalue weighted by Gasteiger charge is 2.28. The molecule has 64 heavy (non-hydrogen) atoms. The fraction of sp³-hybridized carbons (Fsp3) is 0.698. The lowest BCUT2D eigenvalue weighted by atomic mass is 9.88. The number of carbonyl (C=O) groups excluding carboxylic acids is 5. The molecule has 1 aliphatic carbocycles. The van der Waals surface area contributed by atoms with Crippen LogP contribution in [0.15, 0.2) is 48.2 Å². The molecular formula is C53H89N5O6. The van der Waals surface area contributed by atoms with E-state index in [1.54, 1.807) is 31.4 Å². The molecule has 0 unspecified atom stereocenters. The van der Waals surface area contributed by atoms with Gasteiger partial charge in [0.15, 0.2) is 23.1 Å². The number of ether oxygens (including phenoxy) is 1. The molecule has 0 spiro atoms. The van der Waals surface area contributed by atoms with Gasteiger partial charge >= 0.3 is 0 Å². The summed E-state index contributed by atoms with van der Waals surface area (Å²) in [4.78, 5) is 68.8. The summed E-state index contributed by atoms with van der Waals surface area (Å²) in [5.74, 6) is 6.86. The van der Waals surface area contributed by atoms with Crippen molar-refractivity contribution in [1.82, 2.24) is 19.6 Å². The number of ketones is 5. The van der Waals surface area contributed by atoms with E-state index < -0.39 is 5.41 Å². The Kier molecular flexibility index (Phi) is 33.6. The second-order valence-electron chi connectivity index (χ2n) is 20.0. The molecule has 0 aromatic heterocycles. The molecule has 0 radical (unpaired) electrons. The van der Waals surface area contributed by atoms with E-state index in [1.807, 2.05) is 120 Å². The van der Waals surface area contributed by atoms with Crippen LogP contribution in [-0.4, -0.2) is 142 Å². The van der Waals surface area contributed by atoms with Gasteiger partial charge in [0, 0.05) is 75.0 Å². The average Bonchev–Trinajstić information content (AvgIpc) is 4.05. The second-order valence-corrected chi connectivity index (χ2v) is 20.0. The summed E-state index contributed by atoms with van der Waals surface area (Å²) in [6.07, 6.45) is 18.8. The minimum absolute atomic E-state index is 0.00403. The van der Waals surface area contributed by atoms with Gasteiger partial charge in [-0.2, -0.15) is 0 Å². The number of rotatable bonds is 15. The lowest BCUT2D eigenvalue weighted by Gasteiger charge is -2.31. The Bertz CT molecular complexity index is 1600. The van der Waals surface area contributed by atoms with Gasteiger partial charge in [0.05, 0.1) is 19.7 Å². The average molecular weight is 892 g/mol. The zero-order chi connectivity index (χ0) is 49.5. The summed E-state index contributed by atoms with van der Waals surface area (Å²) in [5, 5.41) is 0. The van der Waals surface area contributed by atoms with Crippen LogP contribution in [0.25, 0.3) is 4.85 Å². The first kappa shape index (κ1) is 62.2. The minimum Gasteiger partial charge on any atom is -0.381 e. The van der Waals surface area contributed by atoms with E-state index in [9.17, 15) is 24.0 Å². The van der Waals surface area contributed by atoms with Crippen molar-refractivity contribution in [3.63, 3.8) is 0 Å². The lowest BCUT2D eigenvalue weighted by molar-refractivity contribution is -0.122. The van der Waals surface area contributed by atoms with Crippen LogP contribution in [0.4, 0.5) is 0 Å². The smallest absolute Gasteiger partial charge is 0.226 e. The molecule has 2 heterocycles. The van der Waals surface area contributed by atoms with Crippen molar-refractivity contribution in [2.75, 3.05) is 93.8 Å². The number of hydrogen-bond donors (Lipinski definition) is 0. The Labute approximate surface area is 391 Å². The van der Waals surface area contributed by atoms with Gasteiger partial charge in [-0.15, -0.1) is 0 Å². The third kappa shape index (κ3) is 34.6. The summed E-state index contributed by atoms with van der Waals surface area (Å²) in [6, 6.07) is 0. The highest BCUT2D eigenvalue weighted by atomic mass is 16.5. The summed E-state index contributed by atoms with van der Waals surface area (Å²) >= 11 is 0. The number of Topliss-reactive ketones (excluding diaryl/α,β-unsaturated/α-hetero) is 2. The van der Waals surface area contributed by atoms with Crippen LogP contribution in [0.2, 0.25) is 0 Å². The van der Waals surface area contributed by atoms with Gasteiger partial charge in [-0.1, -0.05) is 120 Å². The standard InChI is InChI=1S/C12H22N2O.C12H21NO.C11H15NO.C10H17NO.C8H14O2/c1-11(2)12(15)5-4-6-14-9-7-13(3)8-10-14;1-11(2)12(14)7-6-10-13-8-4-3-5-9-13;1-11(2,3)10(13)9(12-4)7-8-5-6-8;1-10(2,3)9(12)7-6-8-11(4)5;1-7(2)8(9)5-4-6-10-3/h4-5,11H,6-10H2,1-3H3;6-7,11H,3-5,8-10H2,1-2H3;7-8H,5-6H2,1-3H3;8H2,1-5H3;4-5,7H,6H2,1-3H3/b5-4+;7-6+;9-7-;;5-4+. The molecule has 3 aliphatic rings. The van der Waals surface area contributed by atoms with Gasteiger partial charge in [-0.3, -0.25) is 33.9 Å². The van der Waals surface area contributed by atoms with Crippen LogP contribution < -0.4 is 0 Å². The Morgan fingerprint density at radius 3 is 1.50 bits per heavy atom. The topological polar surface area (TPSA) is 112 Å². The van der Waals surface area contributed by atoms with Crippen molar-refractivity contribution >= 4 is 28.9 Å². The number of methoxy groups -OCH3 is 1. The van der Waals surface area contributed by atoms with Crippen LogP contribution in [-0.2, 0) is 28.7 Å². The fourth-order valence-electron chi connectivity index (χ4n) is 5.15. The Hall–Kier alpha value is -3.84. The predicted octanol–water partition coefficient (Wildman–Crippen LogP) is 8.66. The number of nitrogens with zero attached hydrogens (tertiary/aromatic N) is 5. The van der Waals surface area contributed by atoms with Crippen molar-refractivity contribution in [1.29, 1.82) is 0 Å². The fourth-order valence-corrected chi connectivity index (χ4v) is 5.15. The van der Waals surface area contributed by atoms with Crippen LogP contribution in [0.3, 0.4) is 0 Å². The summed E-state index contributed by atoms with van der Waals surface area (Å²) in [5.41, 5.74) is -0.431. The summed E-state index contributed by atoms with van der Waals surface area (Å²) in [7, 11) is 7.60. The molecule has 362 valence electrons. The van der Waals surface area contributed by atoms with Crippen molar-refractivity contribution in [2.24, 2.45) is 34.5 Å². The number of carbonyl (C=O) groups is 5. The van der Waals surface area contributed by atoms with Crippen molar-refractivity contribution < 1.29 is 28.7 Å². The van der Waals surface area contributed by atoms with Gasteiger partial charge in [0.2, 0.25) is 11.5 Å². The van der Waals surface area contributed by atoms with Gasteiger partial charge in [0.1, 0.15) is 0 Å². The third-order valence-electron chi connectivity index (χ3n) is 9.92. The molecule has 3 fully saturated rings. The molecule has 0 aromatic carbocycles. The number of allylic oxidation sites excluding steroid dienone is 5. The maximum absolute atomic E-state index is 11.7. The van der Waals surface area contributed by atoms with Gasteiger partial charge in [-0.25, -0.2) is 4.85 Å². The van der Waals surface area contributed by atoms with Gasteiger partial charge < -0.3 is 14.4 Å². The van der Waals surface area contributed by atoms with Crippen LogP contribution in [0, 0.1) is 52.9 Å². The molecule has 2 saturated heterocycles. The van der Waals surface area contributed by atoms with Gasteiger partial charge in [-0.05, 0) is 90.0 Å². The molecule has 0 amide bonds. The lowest BCUT2D eigenvalue weighted by Crippen LogP contribution is -2.44. The minimum atomic E-state index is -0.425. The largest absolute Gasteiger partial charge is 0.381 e. The van der Waals surface area contributed by atoms with Crippen molar-refractivity contribution in [2.45, 2.75) is 115 Å². The van der Waals surface area contributed by atoms with Crippen molar-refractivity contribution in [3.05, 3.63) is 59.6 Å². The van der Waals surface area contributed by atoms with E-state index in [1.165, 1.54) is 32.4 Å². The molecule has 1 saturated carbocycles. The maximum Gasteiger partial charge on any atom is 0.226 e. The molecular weight excluding hydrogens is 803 g/mol. The zero-order valence-electron chi connectivity index (χ0n) is 43.1. The molecule has 11 heteroatoms. The van der Waals surface area contributed by atoms with Crippen LogP contribution >= 0.6 is 0 Å². The van der Waals surface area contributed by atoms with E-state index in [0.717, 1.165) is 52.1 Å². The number of likely N-dealkylation sites (tertiary alicyclic amines) is 1. The molecule has 11 nitrogen and oxygen atoms in total. The summed E-state index contributed by atoms with van der Waals surface area (Å²) in [6.45, 7) is 39.5. The molecule has 0 bridgehead atoms. The SMILES string of the molecule is CC(C)C(=O)/C=C/CN1CCCCC1.CC(C)C(=O)/C=C/CN1CCN(C)CC1.CN(C)CC#CC(=O)C(C)(C)C.COC/C=C/C(=O)C(C)C.[C-]#[N+]/C(=C\C1CC1)C(=O)C(C)(C)C. The first-order chi connectivity index (χ1) is 29.8. The first-order valence-corrected chi connectivity index (χ1v) is 23.3. The Morgan fingerprint density at radius 1 is 0.703 bits per heavy atom. The third-order valence-corrected chi connectivity index (χ3v) is 9.92. The Morgan fingerprint density at radius 2 is 1.14 bits per heavy atom. The molecule has 3 rings (SSSR count). The summed E-state index contributed by atoms with van der Waals surface area (Å²) < 4.78 is 4.73. The molecule has 0 atom stereocenters. The zero-order valence-corrected chi connectivity index (χ0v) is 43.1. The highest BCUT2D eigenvalue weighted by Crippen LogP contribution is 2.33. The first-order valence-electron chi connectivity index (χ1n) is 23.3. The predicted molar refractivity (Wildman–Crippen MR) is 266 cm³/mol. The number of hydrogen-bond acceptors (Lipinski definition) is 10. The number of piperazine rings is 1. The van der Waals surface area contributed by atoms with E-state index in [0.29, 0.717) is 24.8 Å². The quantitative estimate of drug-likeness (QED) is 0.0686. The van der Waals surface area contributed by atoms with Gasteiger partial charge in [0.25, 0.3) is 0 Å². The monoisotopic (exact) mass is 892 g/mol. The Balaban J connectivity index is 0.